The van der Waals surface area contributed by atoms with Gasteiger partial charge in [0.2, 0.25) is 5.91 Å². The van der Waals surface area contributed by atoms with Gasteiger partial charge in [0.25, 0.3) is 0 Å². The highest BCUT2D eigenvalue weighted by Crippen LogP contribution is 2.22. The predicted octanol–water partition coefficient (Wildman–Crippen LogP) is 0.681. The van der Waals surface area contributed by atoms with Gasteiger partial charge in [0.15, 0.2) is 0 Å². The summed E-state index contributed by atoms with van der Waals surface area (Å²) in [5, 5.41) is 20.4. The second-order valence-corrected chi connectivity index (χ2v) is 4.28. The minimum Gasteiger partial charge on any atom is -0.505 e. The van der Waals surface area contributed by atoms with E-state index in [9.17, 15) is 14.7 Å². The molecule has 1 amide bonds. The van der Waals surface area contributed by atoms with Crippen molar-refractivity contribution in [3.63, 3.8) is 0 Å². The molecule has 0 radical (unpaired) electrons. The molecule has 3 N–H and O–H groups in total. The van der Waals surface area contributed by atoms with Crippen molar-refractivity contribution in [3.05, 3.63) is 22.4 Å². The first-order valence-electron chi connectivity index (χ1n) is 4.73. The minimum absolute atomic E-state index is 0.0276. The van der Waals surface area contributed by atoms with E-state index in [0.29, 0.717) is 10.2 Å². The van der Waals surface area contributed by atoms with Crippen LogP contribution in [0.15, 0.2) is 16.7 Å². The Bertz CT molecular complexity index is 450. The summed E-state index contributed by atoms with van der Waals surface area (Å²) in [5.41, 5.74) is 0.454. The van der Waals surface area contributed by atoms with Gasteiger partial charge in [-0.25, -0.2) is 4.79 Å². The molecular formula is C10H11BrN2O4. The van der Waals surface area contributed by atoms with Crippen LogP contribution in [0, 0.1) is 0 Å². The molecule has 0 saturated heterocycles. The summed E-state index contributed by atoms with van der Waals surface area (Å²) in [5.74, 6) is -1.58. The largest absolute Gasteiger partial charge is 0.505 e. The Hall–Kier alpha value is -1.63. The fourth-order valence-corrected chi connectivity index (χ4v) is 1.60. The van der Waals surface area contributed by atoms with Crippen LogP contribution in [-0.2, 0) is 16.0 Å². The van der Waals surface area contributed by atoms with Crippen LogP contribution in [0.1, 0.15) is 12.6 Å². The molecule has 0 aromatic carbocycles. The van der Waals surface area contributed by atoms with Crippen LogP contribution in [0.2, 0.25) is 0 Å². The zero-order valence-electron chi connectivity index (χ0n) is 8.98. The van der Waals surface area contributed by atoms with E-state index in [-0.39, 0.29) is 12.2 Å². The Kier molecular flexibility index (Phi) is 4.45. The first-order valence-corrected chi connectivity index (χ1v) is 5.52. The molecule has 1 atom stereocenters. The van der Waals surface area contributed by atoms with Crippen molar-refractivity contribution in [1.82, 2.24) is 10.3 Å². The molecular weight excluding hydrogens is 292 g/mol. The van der Waals surface area contributed by atoms with Crippen molar-refractivity contribution in [3.8, 4) is 5.75 Å². The van der Waals surface area contributed by atoms with E-state index in [0.717, 1.165) is 0 Å². The highest BCUT2D eigenvalue weighted by molar-refractivity contribution is 9.10. The molecule has 92 valence electrons. The number of nitrogens with one attached hydrogen (secondary N) is 1. The van der Waals surface area contributed by atoms with Crippen molar-refractivity contribution < 1.29 is 19.8 Å². The van der Waals surface area contributed by atoms with Gasteiger partial charge in [-0.2, -0.15) is 0 Å². The number of rotatable bonds is 4. The summed E-state index contributed by atoms with van der Waals surface area (Å²) in [7, 11) is 0. The number of aromatic hydroxyl groups is 1. The molecule has 0 fully saturated rings. The topological polar surface area (TPSA) is 99.5 Å². The van der Waals surface area contributed by atoms with Crippen molar-refractivity contribution in [2.75, 3.05) is 0 Å². The van der Waals surface area contributed by atoms with E-state index in [2.05, 4.69) is 26.2 Å². The molecule has 1 aromatic rings. The summed E-state index contributed by atoms with van der Waals surface area (Å²) in [6.07, 6.45) is 1.26. The van der Waals surface area contributed by atoms with Crippen molar-refractivity contribution in [1.29, 1.82) is 0 Å². The molecule has 17 heavy (non-hydrogen) atoms. The summed E-state index contributed by atoms with van der Waals surface area (Å²) >= 11 is 3.10. The average molecular weight is 303 g/mol. The third-order valence-corrected chi connectivity index (χ3v) is 2.61. The third kappa shape index (κ3) is 4.03. The molecule has 0 saturated carbocycles. The average Bonchev–Trinajstić information content (AvgIpc) is 2.21. The maximum atomic E-state index is 10.9. The third-order valence-electron chi connectivity index (χ3n) is 1.98. The first kappa shape index (κ1) is 13.4. The Morgan fingerprint density at radius 1 is 1.59 bits per heavy atom. The second kappa shape index (κ2) is 5.62. The van der Waals surface area contributed by atoms with Crippen LogP contribution in [0.5, 0.6) is 5.75 Å². The Morgan fingerprint density at radius 3 is 2.71 bits per heavy atom. The lowest BCUT2D eigenvalue weighted by Gasteiger charge is -2.12. The van der Waals surface area contributed by atoms with E-state index in [1.54, 1.807) is 0 Å². The number of halogens is 1. The van der Waals surface area contributed by atoms with E-state index < -0.39 is 17.9 Å². The molecule has 1 aromatic heterocycles. The van der Waals surface area contributed by atoms with E-state index in [4.69, 9.17) is 5.11 Å². The quantitative estimate of drug-likeness (QED) is 0.759. The van der Waals surface area contributed by atoms with Crippen LogP contribution in [0.4, 0.5) is 0 Å². The highest BCUT2D eigenvalue weighted by atomic mass is 79.9. The molecule has 0 aliphatic heterocycles. The number of hydrogen-bond acceptors (Lipinski definition) is 4. The zero-order valence-corrected chi connectivity index (χ0v) is 10.6. The van der Waals surface area contributed by atoms with Crippen LogP contribution >= 0.6 is 15.9 Å². The molecule has 0 aliphatic carbocycles. The summed E-state index contributed by atoms with van der Waals surface area (Å²) in [6.45, 7) is 1.25. The van der Waals surface area contributed by atoms with E-state index in [1.807, 2.05) is 0 Å². The van der Waals surface area contributed by atoms with Crippen LogP contribution in [-0.4, -0.2) is 33.1 Å². The SMILES string of the molecule is CC(=O)NC(Cc1cc(Br)c(O)cn1)C(=O)O. The van der Waals surface area contributed by atoms with Crippen LogP contribution in [0.25, 0.3) is 0 Å². The Morgan fingerprint density at radius 2 is 2.24 bits per heavy atom. The van der Waals surface area contributed by atoms with Gasteiger partial charge in [-0.1, -0.05) is 0 Å². The van der Waals surface area contributed by atoms with Gasteiger partial charge in [0.1, 0.15) is 11.8 Å². The number of pyridine rings is 1. The molecule has 1 rings (SSSR count). The molecule has 1 unspecified atom stereocenters. The van der Waals surface area contributed by atoms with Crippen molar-refractivity contribution >= 4 is 27.8 Å². The molecule has 7 heteroatoms. The Labute approximate surface area is 106 Å². The fraction of sp³-hybridized carbons (Fsp3) is 0.300. The van der Waals surface area contributed by atoms with E-state index >= 15 is 0 Å². The summed E-state index contributed by atoms with van der Waals surface area (Å²) in [6, 6.07) is 0.476. The maximum absolute atomic E-state index is 10.9. The normalized spacial score (nSPS) is 11.9. The number of amides is 1. The van der Waals surface area contributed by atoms with Crippen molar-refractivity contribution in [2.45, 2.75) is 19.4 Å². The molecule has 6 nitrogen and oxygen atoms in total. The van der Waals surface area contributed by atoms with Gasteiger partial charge >= 0.3 is 5.97 Å². The van der Waals surface area contributed by atoms with Crippen LogP contribution < -0.4 is 5.32 Å². The predicted molar refractivity (Wildman–Crippen MR) is 62.5 cm³/mol. The zero-order chi connectivity index (χ0) is 13.0. The number of carboxylic acid groups (broad SMARTS) is 1. The Balaban J connectivity index is 2.82. The van der Waals surface area contributed by atoms with Gasteiger partial charge in [0.05, 0.1) is 10.7 Å². The van der Waals surface area contributed by atoms with Gasteiger partial charge in [-0.15, -0.1) is 0 Å². The van der Waals surface area contributed by atoms with Gasteiger partial charge in [-0.3, -0.25) is 9.78 Å². The smallest absolute Gasteiger partial charge is 0.326 e. The standard InChI is InChI=1S/C10H11BrN2O4/c1-5(14)13-8(10(16)17)3-6-2-7(11)9(15)4-12-6/h2,4,8,15H,3H2,1H3,(H,13,14)(H,16,17). The van der Waals surface area contributed by atoms with Gasteiger partial charge in [-0.05, 0) is 22.0 Å². The monoisotopic (exact) mass is 302 g/mol. The summed E-state index contributed by atoms with van der Waals surface area (Å²) in [4.78, 5) is 25.6. The number of nitrogens with zero attached hydrogens (tertiary/aromatic N) is 1. The lowest BCUT2D eigenvalue weighted by molar-refractivity contribution is -0.141. The number of carbonyl (C=O) groups excluding carboxylic acids is 1. The molecule has 0 bridgehead atoms. The minimum atomic E-state index is -1.13. The number of aromatic nitrogens is 1. The maximum Gasteiger partial charge on any atom is 0.326 e. The number of carboxylic acids is 1. The highest BCUT2D eigenvalue weighted by Gasteiger charge is 2.19. The van der Waals surface area contributed by atoms with Crippen LogP contribution in [0.3, 0.4) is 0 Å². The number of aliphatic carboxylic acids is 1. The number of carbonyl (C=O) groups is 2. The van der Waals surface area contributed by atoms with Crippen molar-refractivity contribution in [2.24, 2.45) is 0 Å². The molecule has 0 aliphatic rings. The lowest BCUT2D eigenvalue weighted by atomic mass is 10.1. The molecule has 1 heterocycles. The number of hydrogen-bond donors (Lipinski definition) is 3. The second-order valence-electron chi connectivity index (χ2n) is 3.42. The van der Waals surface area contributed by atoms with E-state index in [1.165, 1.54) is 19.2 Å². The fourth-order valence-electron chi connectivity index (χ4n) is 1.23. The van der Waals surface area contributed by atoms with Gasteiger partial charge < -0.3 is 15.5 Å². The van der Waals surface area contributed by atoms with Gasteiger partial charge in [0, 0.05) is 19.0 Å². The summed E-state index contributed by atoms with van der Waals surface area (Å²) < 4.78 is 0.425. The lowest BCUT2D eigenvalue weighted by Crippen LogP contribution is -2.41. The first-order chi connectivity index (χ1) is 7.90. The molecule has 0 spiro atoms.